The van der Waals surface area contributed by atoms with Crippen LogP contribution in [0.3, 0.4) is 0 Å². The number of thiazole rings is 1. The highest BCUT2D eigenvalue weighted by atomic mass is 79.9. The van der Waals surface area contributed by atoms with Gasteiger partial charge < -0.3 is 4.74 Å². The van der Waals surface area contributed by atoms with Gasteiger partial charge in [-0.1, -0.05) is 52.3 Å². The molecule has 4 rings (SSSR count). The van der Waals surface area contributed by atoms with Crippen LogP contribution in [0.1, 0.15) is 16.7 Å². The van der Waals surface area contributed by atoms with Crippen LogP contribution in [-0.4, -0.2) is 4.98 Å². The summed E-state index contributed by atoms with van der Waals surface area (Å²) in [5, 5.41) is 3.14. The minimum absolute atomic E-state index is 0.0450. The molecule has 1 aromatic heterocycles. The fraction of sp³-hybridized carbons (Fsp3) is 0.118. The number of hydrogen-bond acceptors (Lipinski definition) is 3. The van der Waals surface area contributed by atoms with Crippen LogP contribution in [0.2, 0.25) is 0 Å². The predicted octanol–water partition coefficient (Wildman–Crippen LogP) is 5.25. The lowest BCUT2D eigenvalue weighted by Crippen LogP contribution is -2.02. The number of halogens is 1. The summed E-state index contributed by atoms with van der Waals surface area (Å²) in [6, 6.07) is 16.4. The van der Waals surface area contributed by atoms with Gasteiger partial charge in [-0.05, 0) is 17.7 Å². The zero-order valence-electron chi connectivity index (χ0n) is 11.1. The Morgan fingerprint density at radius 3 is 2.76 bits per heavy atom. The normalized spacial score (nSPS) is 16.5. The molecule has 2 nitrogen and oxygen atoms in total. The molecule has 0 N–H and O–H groups in total. The molecule has 104 valence electrons. The smallest absolute Gasteiger partial charge is 0.154 e. The maximum Gasteiger partial charge on any atom is 0.154 e. The number of rotatable bonds is 2. The van der Waals surface area contributed by atoms with Crippen molar-refractivity contribution in [3.8, 4) is 17.0 Å². The van der Waals surface area contributed by atoms with Gasteiger partial charge in [0.1, 0.15) is 10.8 Å². The summed E-state index contributed by atoms with van der Waals surface area (Å²) in [5.41, 5.74) is 3.39. The van der Waals surface area contributed by atoms with Gasteiger partial charge in [-0.2, -0.15) is 0 Å². The minimum atomic E-state index is 0.0450. The Bertz CT molecular complexity index is 774. The number of nitrogens with zero attached hydrogens (tertiary/aromatic N) is 1. The van der Waals surface area contributed by atoms with E-state index in [1.807, 2.05) is 30.3 Å². The standard InChI is InChI=1S/C17H12BrNOS/c18-13-7-3-2-6-12(13)14-10-21-17(19-14)16-9-11-5-1-4-8-15(11)20-16/h1-8,10,16H,9H2. The van der Waals surface area contributed by atoms with Gasteiger partial charge in [0.05, 0.1) is 5.69 Å². The molecule has 1 atom stereocenters. The van der Waals surface area contributed by atoms with Crippen molar-refractivity contribution in [2.45, 2.75) is 12.5 Å². The summed E-state index contributed by atoms with van der Waals surface area (Å²) < 4.78 is 7.08. The molecule has 0 bridgehead atoms. The van der Waals surface area contributed by atoms with Crippen molar-refractivity contribution in [1.29, 1.82) is 0 Å². The van der Waals surface area contributed by atoms with Crippen LogP contribution in [-0.2, 0) is 6.42 Å². The second-order valence-electron chi connectivity index (χ2n) is 4.97. The number of ether oxygens (including phenoxy) is 1. The fourth-order valence-corrected chi connectivity index (χ4v) is 3.88. The second kappa shape index (κ2) is 5.28. The Morgan fingerprint density at radius 1 is 1.10 bits per heavy atom. The molecule has 21 heavy (non-hydrogen) atoms. The highest BCUT2D eigenvalue weighted by Gasteiger charge is 2.26. The average Bonchev–Trinajstić information content (AvgIpc) is 3.14. The van der Waals surface area contributed by atoms with Crippen molar-refractivity contribution in [2.24, 2.45) is 0 Å². The van der Waals surface area contributed by atoms with Gasteiger partial charge in [0.2, 0.25) is 0 Å². The van der Waals surface area contributed by atoms with Crippen LogP contribution in [0.4, 0.5) is 0 Å². The largest absolute Gasteiger partial charge is 0.483 e. The molecule has 0 spiro atoms. The third kappa shape index (κ3) is 2.39. The zero-order chi connectivity index (χ0) is 14.2. The lowest BCUT2D eigenvalue weighted by atomic mass is 10.1. The fourth-order valence-electron chi connectivity index (χ4n) is 2.55. The van der Waals surface area contributed by atoms with E-state index in [0.29, 0.717) is 0 Å². The van der Waals surface area contributed by atoms with E-state index in [9.17, 15) is 0 Å². The van der Waals surface area contributed by atoms with Crippen molar-refractivity contribution in [2.75, 3.05) is 0 Å². The molecule has 0 saturated heterocycles. The van der Waals surface area contributed by atoms with E-state index < -0.39 is 0 Å². The van der Waals surface area contributed by atoms with E-state index in [1.165, 1.54) is 5.56 Å². The molecule has 2 heterocycles. The monoisotopic (exact) mass is 357 g/mol. The van der Waals surface area contributed by atoms with Gasteiger partial charge >= 0.3 is 0 Å². The third-order valence-electron chi connectivity index (χ3n) is 3.59. The van der Waals surface area contributed by atoms with E-state index >= 15 is 0 Å². The lowest BCUT2D eigenvalue weighted by Gasteiger charge is -2.06. The summed E-state index contributed by atoms with van der Waals surface area (Å²) in [7, 11) is 0. The predicted molar refractivity (Wildman–Crippen MR) is 88.8 cm³/mol. The first-order valence-electron chi connectivity index (χ1n) is 6.76. The highest BCUT2D eigenvalue weighted by Crippen LogP contribution is 2.39. The maximum absolute atomic E-state index is 6.01. The summed E-state index contributed by atoms with van der Waals surface area (Å²) in [6.07, 6.45) is 0.947. The Hall–Kier alpha value is -1.65. The van der Waals surface area contributed by atoms with Crippen LogP contribution in [0.25, 0.3) is 11.3 Å². The van der Waals surface area contributed by atoms with Gasteiger partial charge in [-0.15, -0.1) is 11.3 Å². The van der Waals surface area contributed by atoms with E-state index in [0.717, 1.165) is 32.9 Å². The average molecular weight is 358 g/mol. The van der Waals surface area contributed by atoms with E-state index in [2.05, 4.69) is 39.5 Å². The first-order valence-corrected chi connectivity index (χ1v) is 8.43. The molecule has 0 radical (unpaired) electrons. The van der Waals surface area contributed by atoms with Crippen LogP contribution >= 0.6 is 27.3 Å². The molecular weight excluding hydrogens is 346 g/mol. The quantitative estimate of drug-likeness (QED) is 0.624. The summed E-state index contributed by atoms with van der Waals surface area (Å²) in [4.78, 5) is 4.77. The Morgan fingerprint density at radius 2 is 1.90 bits per heavy atom. The lowest BCUT2D eigenvalue weighted by molar-refractivity contribution is 0.238. The Balaban J connectivity index is 1.63. The maximum atomic E-state index is 6.01. The van der Waals surface area contributed by atoms with E-state index in [-0.39, 0.29) is 6.10 Å². The number of hydrogen-bond donors (Lipinski definition) is 0. The topological polar surface area (TPSA) is 22.1 Å². The first kappa shape index (κ1) is 13.0. The highest BCUT2D eigenvalue weighted by molar-refractivity contribution is 9.10. The third-order valence-corrected chi connectivity index (χ3v) is 5.22. The van der Waals surface area contributed by atoms with Crippen LogP contribution in [0.5, 0.6) is 5.75 Å². The van der Waals surface area contributed by atoms with Crippen molar-refractivity contribution >= 4 is 27.3 Å². The van der Waals surface area contributed by atoms with Crippen molar-refractivity contribution in [3.05, 3.63) is 69.0 Å². The molecular formula is C17H12BrNOS. The molecule has 1 aliphatic rings. The van der Waals surface area contributed by atoms with Gasteiger partial charge in [0, 0.05) is 21.8 Å². The van der Waals surface area contributed by atoms with Crippen LogP contribution < -0.4 is 4.74 Å². The molecule has 2 aromatic carbocycles. The molecule has 0 fully saturated rings. The molecule has 3 aromatic rings. The molecule has 1 aliphatic heterocycles. The number of fused-ring (bicyclic) bond motifs is 1. The van der Waals surface area contributed by atoms with Crippen molar-refractivity contribution in [3.63, 3.8) is 0 Å². The van der Waals surface area contributed by atoms with Crippen molar-refractivity contribution < 1.29 is 4.74 Å². The summed E-state index contributed by atoms with van der Waals surface area (Å²) in [6.45, 7) is 0. The molecule has 0 saturated carbocycles. The Labute approximate surface area is 135 Å². The molecule has 1 unspecified atom stereocenters. The van der Waals surface area contributed by atoms with Gasteiger partial charge in [0.15, 0.2) is 6.10 Å². The first-order chi connectivity index (χ1) is 10.3. The van der Waals surface area contributed by atoms with Gasteiger partial charge in [-0.3, -0.25) is 0 Å². The minimum Gasteiger partial charge on any atom is -0.483 e. The summed E-state index contributed by atoms with van der Waals surface area (Å²) >= 11 is 5.25. The number of para-hydroxylation sites is 1. The Kier molecular flexibility index (Phi) is 3.28. The van der Waals surface area contributed by atoms with Crippen molar-refractivity contribution in [1.82, 2.24) is 4.98 Å². The van der Waals surface area contributed by atoms with Gasteiger partial charge in [-0.25, -0.2) is 4.98 Å². The van der Waals surface area contributed by atoms with E-state index in [1.54, 1.807) is 11.3 Å². The summed E-state index contributed by atoms with van der Waals surface area (Å²) in [5.74, 6) is 0.986. The number of aromatic nitrogens is 1. The van der Waals surface area contributed by atoms with Gasteiger partial charge in [0.25, 0.3) is 0 Å². The SMILES string of the molecule is Brc1ccccc1-c1csc(C2Cc3ccccc3O2)n1. The second-order valence-corrected chi connectivity index (χ2v) is 6.71. The van der Waals surface area contributed by atoms with Crippen LogP contribution in [0, 0.1) is 0 Å². The molecule has 0 aliphatic carbocycles. The molecule has 0 amide bonds. The number of benzene rings is 2. The van der Waals surface area contributed by atoms with E-state index in [4.69, 9.17) is 9.72 Å². The zero-order valence-corrected chi connectivity index (χ0v) is 13.5. The van der Waals surface area contributed by atoms with Crippen LogP contribution in [0.15, 0.2) is 58.4 Å². The molecule has 4 heteroatoms.